The number of ether oxygens (including phenoxy) is 1. The van der Waals surface area contributed by atoms with Crippen LogP contribution in [0, 0.1) is 5.92 Å². The first-order valence-electron chi connectivity index (χ1n) is 9.20. The van der Waals surface area contributed by atoms with E-state index in [1.165, 1.54) is 18.4 Å². The maximum atomic E-state index is 6.31. The molecule has 0 amide bonds. The van der Waals surface area contributed by atoms with Gasteiger partial charge in [0.15, 0.2) is 5.75 Å². The lowest BCUT2D eigenvalue weighted by Crippen LogP contribution is -2.49. The van der Waals surface area contributed by atoms with E-state index in [0.717, 1.165) is 35.3 Å². The first-order chi connectivity index (χ1) is 12.1. The van der Waals surface area contributed by atoms with E-state index in [1.807, 2.05) is 24.3 Å². The summed E-state index contributed by atoms with van der Waals surface area (Å²) in [6.07, 6.45) is 2.35. The molecule has 1 N–H and O–H groups in total. The Morgan fingerprint density at radius 1 is 1.20 bits per heavy atom. The van der Waals surface area contributed by atoms with Crippen LogP contribution in [-0.4, -0.2) is 19.1 Å². The quantitative estimate of drug-likeness (QED) is 0.796. The summed E-state index contributed by atoms with van der Waals surface area (Å²) >= 11 is 6.31. The Morgan fingerprint density at radius 3 is 2.88 bits per heavy atom. The molecule has 3 nitrogen and oxygen atoms in total. The monoisotopic (exact) mass is 356 g/mol. The topological polar surface area (TPSA) is 24.5 Å². The Hall–Kier alpha value is -1.71. The normalized spacial score (nSPS) is 21.8. The first-order valence-corrected chi connectivity index (χ1v) is 9.57. The van der Waals surface area contributed by atoms with E-state index in [2.05, 4.69) is 42.3 Å². The van der Waals surface area contributed by atoms with Crippen LogP contribution in [0.4, 0.5) is 5.69 Å². The van der Waals surface area contributed by atoms with E-state index < -0.39 is 0 Å². The van der Waals surface area contributed by atoms with Crippen molar-refractivity contribution in [2.24, 2.45) is 5.92 Å². The van der Waals surface area contributed by atoms with Gasteiger partial charge < -0.3 is 15.0 Å². The van der Waals surface area contributed by atoms with Crippen LogP contribution < -0.4 is 15.0 Å². The number of nitrogens with one attached hydrogen (secondary N) is 1. The molecule has 0 aliphatic carbocycles. The van der Waals surface area contributed by atoms with Crippen LogP contribution in [-0.2, 0) is 0 Å². The molecule has 0 bridgehead atoms. The number of fused-ring (bicyclic) bond motifs is 5. The van der Waals surface area contributed by atoms with Gasteiger partial charge in [-0.05, 0) is 49.6 Å². The fourth-order valence-electron chi connectivity index (χ4n) is 3.99. The number of benzene rings is 2. The van der Waals surface area contributed by atoms with Crippen LogP contribution in [0.25, 0.3) is 0 Å². The van der Waals surface area contributed by atoms with Crippen molar-refractivity contribution in [1.82, 2.24) is 5.32 Å². The minimum absolute atomic E-state index is 0.267. The summed E-state index contributed by atoms with van der Waals surface area (Å²) in [6, 6.07) is 15.0. The molecule has 0 unspecified atom stereocenters. The highest BCUT2D eigenvalue weighted by atomic mass is 35.5. The molecule has 0 saturated carbocycles. The second kappa shape index (κ2) is 6.89. The lowest BCUT2D eigenvalue weighted by Gasteiger charge is -2.43. The molecule has 2 aromatic carbocycles. The molecule has 2 aliphatic rings. The third kappa shape index (κ3) is 3.23. The van der Waals surface area contributed by atoms with E-state index in [9.17, 15) is 0 Å². The van der Waals surface area contributed by atoms with Crippen molar-refractivity contribution in [2.75, 3.05) is 18.0 Å². The number of nitrogens with zero attached hydrogens (tertiary/aromatic N) is 1. The number of hydrogen-bond acceptors (Lipinski definition) is 3. The van der Waals surface area contributed by atoms with Gasteiger partial charge in [0.1, 0.15) is 5.75 Å². The Balaban J connectivity index is 1.80. The average molecular weight is 357 g/mol. The molecule has 4 rings (SSSR count). The van der Waals surface area contributed by atoms with Gasteiger partial charge in [0.05, 0.1) is 11.7 Å². The first kappa shape index (κ1) is 16.7. The van der Waals surface area contributed by atoms with Crippen molar-refractivity contribution in [3.05, 3.63) is 53.1 Å². The van der Waals surface area contributed by atoms with E-state index in [-0.39, 0.29) is 6.04 Å². The van der Waals surface area contributed by atoms with Gasteiger partial charge in [0.2, 0.25) is 0 Å². The van der Waals surface area contributed by atoms with Crippen molar-refractivity contribution < 1.29 is 4.74 Å². The number of hydrogen-bond donors (Lipinski definition) is 1. The van der Waals surface area contributed by atoms with Crippen molar-refractivity contribution in [3.63, 3.8) is 0 Å². The number of rotatable bonds is 3. The van der Waals surface area contributed by atoms with E-state index in [1.54, 1.807) is 0 Å². The zero-order chi connectivity index (χ0) is 17.4. The van der Waals surface area contributed by atoms with Crippen molar-refractivity contribution in [3.8, 4) is 11.5 Å². The van der Waals surface area contributed by atoms with Crippen molar-refractivity contribution in [2.45, 2.75) is 38.8 Å². The molecule has 0 radical (unpaired) electrons. The molecular weight excluding hydrogens is 332 g/mol. The second-order valence-corrected chi connectivity index (χ2v) is 7.88. The molecule has 2 aliphatic heterocycles. The molecule has 2 heterocycles. The largest absolute Gasteiger partial charge is 0.455 e. The van der Waals surface area contributed by atoms with Crippen molar-refractivity contribution in [1.29, 1.82) is 0 Å². The molecule has 132 valence electrons. The zero-order valence-corrected chi connectivity index (χ0v) is 15.6. The van der Waals surface area contributed by atoms with E-state index in [4.69, 9.17) is 16.3 Å². The minimum Gasteiger partial charge on any atom is -0.455 e. The zero-order valence-electron chi connectivity index (χ0n) is 14.8. The van der Waals surface area contributed by atoms with Gasteiger partial charge in [-0.15, -0.1) is 0 Å². The summed E-state index contributed by atoms with van der Waals surface area (Å²) < 4.78 is 6.30. The predicted molar refractivity (Wildman–Crippen MR) is 104 cm³/mol. The summed E-state index contributed by atoms with van der Waals surface area (Å²) in [5.74, 6) is 2.48. The summed E-state index contributed by atoms with van der Waals surface area (Å²) in [6.45, 7) is 6.57. The molecule has 4 heteroatoms. The predicted octanol–water partition coefficient (Wildman–Crippen LogP) is 5.40. The van der Waals surface area contributed by atoms with Crippen molar-refractivity contribution >= 4 is 17.3 Å². The lowest BCUT2D eigenvalue weighted by molar-refractivity contribution is 0.332. The Labute approximate surface area is 154 Å². The maximum Gasteiger partial charge on any atom is 0.150 e. The average Bonchev–Trinajstić information content (AvgIpc) is 2.75. The summed E-state index contributed by atoms with van der Waals surface area (Å²) in [5, 5.41) is 4.56. The van der Waals surface area contributed by atoms with Gasteiger partial charge in [0.25, 0.3) is 0 Å². The fraction of sp³-hybridized carbons (Fsp3) is 0.429. The van der Waals surface area contributed by atoms with Crippen LogP contribution in [0.5, 0.6) is 11.5 Å². The molecule has 0 spiro atoms. The highest BCUT2D eigenvalue weighted by molar-refractivity contribution is 6.31. The summed E-state index contributed by atoms with van der Waals surface area (Å²) in [5.41, 5.74) is 2.36. The standard InChI is InChI=1S/C21H25ClN2O/c1-14(2)13-23-17-7-5-11-24-18-12-15(22)9-10-20(18)25-19-8-4-3-6-16(19)21(17)24/h3-4,6,8-10,12,14,17,21,23H,5,7,11,13H2,1-2H3/t17-,21+/m1/s1. The molecular formula is C21H25ClN2O. The Bertz CT molecular complexity index is 761. The molecule has 1 fully saturated rings. The second-order valence-electron chi connectivity index (χ2n) is 7.44. The molecule has 0 aromatic heterocycles. The van der Waals surface area contributed by atoms with Gasteiger partial charge in [-0.3, -0.25) is 0 Å². The van der Waals surface area contributed by atoms with Crippen LogP contribution in [0.15, 0.2) is 42.5 Å². The molecule has 1 saturated heterocycles. The van der Waals surface area contributed by atoms with E-state index in [0.29, 0.717) is 12.0 Å². The van der Waals surface area contributed by atoms with Crippen LogP contribution in [0.1, 0.15) is 38.3 Å². The minimum atomic E-state index is 0.267. The van der Waals surface area contributed by atoms with E-state index >= 15 is 0 Å². The molecule has 25 heavy (non-hydrogen) atoms. The Kier molecular flexibility index (Phi) is 4.61. The number of para-hydroxylation sites is 1. The van der Waals surface area contributed by atoms with Gasteiger partial charge >= 0.3 is 0 Å². The van der Waals surface area contributed by atoms with Gasteiger partial charge in [-0.2, -0.15) is 0 Å². The Morgan fingerprint density at radius 2 is 2.04 bits per heavy atom. The highest BCUT2D eigenvalue weighted by Crippen LogP contribution is 2.48. The lowest BCUT2D eigenvalue weighted by atomic mass is 9.89. The fourth-order valence-corrected chi connectivity index (χ4v) is 4.16. The van der Waals surface area contributed by atoms with Gasteiger partial charge in [-0.1, -0.05) is 43.6 Å². The molecule has 2 atom stereocenters. The van der Waals surface area contributed by atoms with Gasteiger partial charge in [0, 0.05) is 23.2 Å². The SMILES string of the molecule is CC(C)CN[C@@H]1CCCN2c3cc(Cl)ccc3Oc3ccccc3[C@@H]12. The molecule has 2 aromatic rings. The van der Waals surface area contributed by atoms with Crippen LogP contribution in [0.3, 0.4) is 0 Å². The maximum absolute atomic E-state index is 6.31. The number of piperidine rings is 1. The summed E-state index contributed by atoms with van der Waals surface area (Å²) in [7, 11) is 0. The van der Waals surface area contributed by atoms with Crippen LogP contribution in [0.2, 0.25) is 5.02 Å². The third-order valence-corrected chi connectivity index (χ3v) is 5.34. The smallest absolute Gasteiger partial charge is 0.150 e. The number of anilines is 1. The highest BCUT2D eigenvalue weighted by Gasteiger charge is 2.37. The third-order valence-electron chi connectivity index (χ3n) is 5.11. The van der Waals surface area contributed by atoms with Gasteiger partial charge in [-0.25, -0.2) is 0 Å². The number of halogens is 1. The van der Waals surface area contributed by atoms with Crippen LogP contribution >= 0.6 is 11.6 Å². The summed E-state index contributed by atoms with van der Waals surface area (Å²) in [4.78, 5) is 2.48.